The molecule has 19 heavy (non-hydrogen) atoms. The highest BCUT2D eigenvalue weighted by atomic mass is 35.5. The first kappa shape index (κ1) is 15.8. The third-order valence-electron chi connectivity index (χ3n) is 2.54. The van der Waals surface area contributed by atoms with E-state index in [1.165, 1.54) is 0 Å². The maximum atomic E-state index is 12.0. The van der Waals surface area contributed by atoms with Gasteiger partial charge in [0.05, 0.1) is 0 Å². The second-order valence-electron chi connectivity index (χ2n) is 4.67. The Morgan fingerprint density at radius 2 is 1.95 bits per heavy atom. The summed E-state index contributed by atoms with van der Waals surface area (Å²) in [4.78, 5) is 12.0. The molecule has 106 valence electrons. The van der Waals surface area contributed by atoms with Crippen LogP contribution in [0.5, 0.6) is 5.75 Å². The van der Waals surface area contributed by atoms with Crippen LogP contribution in [0.15, 0.2) is 24.3 Å². The zero-order chi connectivity index (χ0) is 14.3. The van der Waals surface area contributed by atoms with E-state index in [1.807, 2.05) is 0 Å². The Hall–Kier alpha value is -1.26. The summed E-state index contributed by atoms with van der Waals surface area (Å²) < 4.78 is 10.6. The van der Waals surface area contributed by atoms with Gasteiger partial charge < -0.3 is 14.8 Å². The van der Waals surface area contributed by atoms with Crippen molar-refractivity contribution < 1.29 is 14.3 Å². The van der Waals surface area contributed by atoms with Gasteiger partial charge in [0.25, 0.3) is 5.91 Å². The van der Waals surface area contributed by atoms with E-state index in [9.17, 15) is 4.79 Å². The number of carbonyl (C=O) groups excluding carboxylic acids is 1. The molecule has 0 atom stereocenters. The lowest BCUT2D eigenvalue weighted by Crippen LogP contribution is -2.46. The lowest BCUT2D eigenvalue weighted by molar-refractivity contribution is -0.134. The molecular weight excluding hydrogens is 266 g/mol. The Balaban J connectivity index is 2.49. The number of carbonyl (C=O) groups is 1. The van der Waals surface area contributed by atoms with E-state index in [-0.39, 0.29) is 5.91 Å². The molecule has 1 aromatic carbocycles. The fourth-order valence-electron chi connectivity index (χ4n) is 1.47. The van der Waals surface area contributed by atoms with Gasteiger partial charge in [0.15, 0.2) is 5.60 Å². The van der Waals surface area contributed by atoms with Gasteiger partial charge in [-0.05, 0) is 44.5 Å². The first-order valence-electron chi connectivity index (χ1n) is 6.17. The number of rotatable bonds is 7. The van der Waals surface area contributed by atoms with Gasteiger partial charge >= 0.3 is 0 Å². The number of amides is 1. The molecule has 0 aliphatic heterocycles. The zero-order valence-corrected chi connectivity index (χ0v) is 12.3. The van der Waals surface area contributed by atoms with Crippen LogP contribution in [0.2, 0.25) is 5.02 Å². The highest BCUT2D eigenvalue weighted by Crippen LogP contribution is 2.20. The topological polar surface area (TPSA) is 47.6 Å². The van der Waals surface area contributed by atoms with E-state index < -0.39 is 5.60 Å². The van der Waals surface area contributed by atoms with Crippen molar-refractivity contribution in [3.63, 3.8) is 0 Å². The van der Waals surface area contributed by atoms with E-state index in [4.69, 9.17) is 21.1 Å². The molecule has 0 fully saturated rings. The van der Waals surface area contributed by atoms with E-state index in [0.717, 1.165) is 6.42 Å². The standard InChI is InChI=1S/C14H20ClNO3/c1-14(2,13(17)16-9-4-10-18-3)19-12-7-5-11(15)6-8-12/h5-8H,4,9-10H2,1-3H3,(H,16,17). The predicted molar refractivity (Wildman–Crippen MR) is 75.7 cm³/mol. The highest BCUT2D eigenvalue weighted by Gasteiger charge is 2.29. The molecule has 0 aromatic heterocycles. The Bertz CT molecular complexity index is 404. The molecule has 0 spiro atoms. The maximum Gasteiger partial charge on any atom is 0.263 e. The van der Waals surface area contributed by atoms with Gasteiger partial charge in [-0.25, -0.2) is 0 Å². The second kappa shape index (κ2) is 7.36. The van der Waals surface area contributed by atoms with Crippen LogP contribution in [0.4, 0.5) is 0 Å². The first-order chi connectivity index (χ1) is 8.95. The predicted octanol–water partition coefficient (Wildman–Crippen LogP) is 2.65. The molecule has 1 rings (SSSR count). The Labute approximate surface area is 119 Å². The van der Waals surface area contributed by atoms with Crippen LogP contribution < -0.4 is 10.1 Å². The second-order valence-corrected chi connectivity index (χ2v) is 5.10. The van der Waals surface area contributed by atoms with Crippen LogP contribution in [0.3, 0.4) is 0 Å². The van der Waals surface area contributed by atoms with E-state index in [0.29, 0.717) is 23.9 Å². The van der Waals surface area contributed by atoms with Gasteiger partial charge in [-0.3, -0.25) is 4.79 Å². The van der Waals surface area contributed by atoms with Crippen molar-refractivity contribution in [1.29, 1.82) is 0 Å². The normalized spacial score (nSPS) is 11.2. The molecule has 0 aliphatic carbocycles. The molecule has 0 aliphatic rings. The van der Waals surface area contributed by atoms with Gasteiger partial charge in [0.1, 0.15) is 5.75 Å². The fraction of sp³-hybridized carbons (Fsp3) is 0.500. The minimum Gasteiger partial charge on any atom is -0.478 e. The summed E-state index contributed by atoms with van der Waals surface area (Å²) in [6, 6.07) is 6.93. The SMILES string of the molecule is COCCCNC(=O)C(C)(C)Oc1ccc(Cl)cc1. The number of ether oxygens (including phenoxy) is 2. The molecule has 1 N–H and O–H groups in total. The van der Waals surface area contributed by atoms with Gasteiger partial charge in [0.2, 0.25) is 0 Å². The lowest BCUT2D eigenvalue weighted by Gasteiger charge is -2.25. The molecule has 0 saturated carbocycles. The van der Waals surface area contributed by atoms with Gasteiger partial charge in [0, 0.05) is 25.3 Å². The van der Waals surface area contributed by atoms with E-state index in [2.05, 4.69) is 5.32 Å². The molecule has 0 unspecified atom stereocenters. The fourth-order valence-corrected chi connectivity index (χ4v) is 1.60. The first-order valence-corrected chi connectivity index (χ1v) is 6.55. The van der Waals surface area contributed by atoms with Gasteiger partial charge in [-0.2, -0.15) is 0 Å². The summed E-state index contributed by atoms with van der Waals surface area (Å²) in [7, 11) is 1.63. The molecule has 1 aromatic rings. The number of hydrogen-bond acceptors (Lipinski definition) is 3. The summed E-state index contributed by atoms with van der Waals surface area (Å²) in [5.74, 6) is 0.458. The largest absolute Gasteiger partial charge is 0.478 e. The maximum absolute atomic E-state index is 12.0. The summed E-state index contributed by atoms with van der Waals surface area (Å²) in [6.07, 6.45) is 0.777. The van der Waals surface area contributed by atoms with E-state index in [1.54, 1.807) is 45.2 Å². The van der Waals surface area contributed by atoms with Crippen molar-refractivity contribution in [3.8, 4) is 5.75 Å². The summed E-state index contributed by atoms with van der Waals surface area (Å²) in [6.45, 7) is 4.65. The smallest absolute Gasteiger partial charge is 0.263 e. The van der Waals surface area contributed by atoms with Crippen LogP contribution in [-0.4, -0.2) is 31.8 Å². The quantitative estimate of drug-likeness (QED) is 0.784. The van der Waals surface area contributed by atoms with Crippen LogP contribution in [-0.2, 0) is 9.53 Å². The van der Waals surface area contributed by atoms with Crippen molar-refractivity contribution >= 4 is 17.5 Å². The van der Waals surface area contributed by atoms with E-state index >= 15 is 0 Å². The van der Waals surface area contributed by atoms with Crippen LogP contribution in [0.25, 0.3) is 0 Å². The van der Waals surface area contributed by atoms with Crippen LogP contribution in [0.1, 0.15) is 20.3 Å². The van der Waals surface area contributed by atoms with Crippen molar-refractivity contribution in [1.82, 2.24) is 5.32 Å². The van der Waals surface area contributed by atoms with Crippen LogP contribution >= 0.6 is 11.6 Å². The number of halogens is 1. The highest BCUT2D eigenvalue weighted by molar-refractivity contribution is 6.30. The van der Waals surface area contributed by atoms with Crippen molar-refractivity contribution in [2.75, 3.05) is 20.3 Å². The number of benzene rings is 1. The summed E-state index contributed by atoms with van der Waals surface area (Å²) >= 11 is 5.80. The molecule has 0 bridgehead atoms. The Morgan fingerprint density at radius 3 is 2.53 bits per heavy atom. The van der Waals surface area contributed by atoms with Crippen molar-refractivity contribution in [2.45, 2.75) is 25.9 Å². The minimum absolute atomic E-state index is 0.154. The lowest BCUT2D eigenvalue weighted by atomic mass is 10.1. The Kier molecular flexibility index (Phi) is 6.12. The van der Waals surface area contributed by atoms with Crippen LogP contribution in [0, 0.1) is 0 Å². The number of methoxy groups -OCH3 is 1. The third-order valence-corrected chi connectivity index (χ3v) is 2.80. The number of nitrogens with one attached hydrogen (secondary N) is 1. The van der Waals surface area contributed by atoms with Gasteiger partial charge in [-0.1, -0.05) is 11.6 Å². The molecule has 1 amide bonds. The molecule has 0 saturated heterocycles. The average molecular weight is 286 g/mol. The third kappa shape index (κ3) is 5.49. The zero-order valence-electron chi connectivity index (χ0n) is 11.5. The minimum atomic E-state index is -0.930. The average Bonchev–Trinajstić information content (AvgIpc) is 2.37. The Morgan fingerprint density at radius 1 is 1.32 bits per heavy atom. The molecule has 0 radical (unpaired) electrons. The monoisotopic (exact) mass is 285 g/mol. The summed E-state index contributed by atoms with van der Waals surface area (Å²) in [5, 5.41) is 3.45. The molecule has 5 heteroatoms. The van der Waals surface area contributed by atoms with Crippen molar-refractivity contribution in [3.05, 3.63) is 29.3 Å². The number of hydrogen-bond donors (Lipinski definition) is 1. The van der Waals surface area contributed by atoms with Gasteiger partial charge in [-0.15, -0.1) is 0 Å². The molecule has 4 nitrogen and oxygen atoms in total. The summed E-state index contributed by atoms with van der Waals surface area (Å²) in [5.41, 5.74) is -0.930. The molecular formula is C14H20ClNO3. The molecule has 0 heterocycles. The van der Waals surface area contributed by atoms with Crippen molar-refractivity contribution in [2.24, 2.45) is 0 Å².